The van der Waals surface area contributed by atoms with E-state index in [0.29, 0.717) is 39.6 Å². The number of nitrogens with one attached hydrogen (secondary N) is 2. The van der Waals surface area contributed by atoms with Gasteiger partial charge in [-0.3, -0.25) is 4.98 Å². The molecule has 2 aromatic heterocycles. The molecular weight excluding hydrogens is 477 g/mol. The van der Waals surface area contributed by atoms with Crippen LogP contribution in [0.5, 0.6) is 0 Å². The fourth-order valence-corrected chi connectivity index (χ4v) is 4.13. The SMILES string of the molecule is Cc1nc(-c2ccc(Cl)cn2)nc(NC[C@H](NCCCCc2ccccc2)c2ccccc2)c1Cl. The van der Waals surface area contributed by atoms with Crippen molar-refractivity contribution < 1.29 is 0 Å². The van der Waals surface area contributed by atoms with Crippen molar-refractivity contribution in [3.8, 4) is 11.5 Å². The number of benzene rings is 2. The van der Waals surface area contributed by atoms with Crippen LogP contribution in [0, 0.1) is 6.92 Å². The Balaban J connectivity index is 1.41. The maximum absolute atomic E-state index is 6.56. The van der Waals surface area contributed by atoms with Gasteiger partial charge < -0.3 is 10.6 Å². The van der Waals surface area contributed by atoms with E-state index in [2.05, 4.69) is 80.2 Å². The van der Waals surface area contributed by atoms with Crippen LogP contribution in [0.2, 0.25) is 10.0 Å². The molecule has 0 aliphatic heterocycles. The normalized spacial score (nSPS) is 11.9. The second-order valence-corrected chi connectivity index (χ2v) is 9.21. The highest BCUT2D eigenvalue weighted by Gasteiger charge is 2.15. The molecular formula is C28H29Cl2N5. The second-order valence-electron chi connectivity index (χ2n) is 8.40. The van der Waals surface area contributed by atoms with E-state index in [9.17, 15) is 0 Å². The predicted octanol–water partition coefficient (Wildman–Crippen LogP) is 6.92. The highest BCUT2D eigenvalue weighted by atomic mass is 35.5. The van der Waals surface area contributed by atoms with E-state index in [1.165, 1.54) is 11.1 Å². The van der Waals surface area contributed by atoms with Crippen LogP contribution in [-0.2, 0) is 6.42 Å². The van der Waals surface area contributed by atoms with Crippen LogP contribution in [0.4, 0.5) is 5.82 Å². The summed E-state index contributed by atoms with van der Waals surface area (Å²) in [5.74, 6) is 1.11. The van der Waals surface area contributed by atoms with Crippen molar-refractivity contribution in [2.45, 2.75) is 32.2 Å². The minimum Gasteiger partial charge on any atom is -0.367 e. The lowest BCUT2D eigenvalue weighted by Crippen LogP contribution is -2.29. The summed E-state index contributed by atoms with van der Waals surface area (Å²) < 4.78 is 0. The maximum Gasteiger partial charge on any atom is 0.180 e. The quantitative estimate of drug-likeness (QED) is 0.216. The third-order valence-corrected chi connectivity index (χ3v) is 6.45. The Labute approximate surface area is 217 Å². The van der Waals surface area contributed by atoms with Gasteiger partial charge in [-0.25, -0.2) is 9.97 Å². The van der Waals surface area contributed by atoms with Crippen LogP contribution in [0.3, 0.4) is 0 Å². The van der Waals surface area contributed by atoms with Crippen LogP contribution in [0.25, 0.3) is 11.5 Å². The van der Waals surface area contributed by atoms with Gasteiger partial charge in [-0.15, -0.1) is 0 Å². The summed E-state index contributed by atoms with van der Waals surface area (Å²) in [6, 6.07) is 24.7. The lowest BCUT2D eigenvalue weighted by molar-refractivity contribution is 0.531. The third-order valence-electron chi connectivity index (χ3n) is 5.77. The number of hydrogen-bond donors (Lipinski definition) is 2. The van der Waals surface area contributed by atoms with Gasteiger partial charge in [-0.1, -0.05) is 83.9 Å². The first-order chi connectivity index (χ1) is 17.1. The van der Waals surface area contributed by atoms with Gasteiger partial charge in [-0.05, 0) is 56.0 Å². The van der Waals surface area contributed by atoms with Gasteiger partial charge in [0.2, 0.25) is 0 Å². The number of pyridine rings is 1. The first kappa shape index (κ1) is 25.1. The standard InChI is InChI=1S/C28H29Cl2N5/c1-20-26(30)28(35-27(34-20)24-16-15-23(29)18-32-24)33-19-25(22-13-6-3-7-14-22)31-17-9-8-12-21-10-4-2-5-11-21/h2-7,10-11,13-16,18,25,31H,8-9,12,17,19H2,1H3,(H,33,34,35)/t25-/m0/s1. The molecule has 2 N–H and O–H groups in total. The zero-order valence-electron chi connectivity index (χ0n) is 19.7. The molecule has 4 rings (SSSR count). The van der Waals surface area contributed by atoms with E-state index < -0.39 is 0 Å². The molecule has 0 bridgehead atoms. The van der Waals surface area contributed by atoms with Crippen LogP contribution < -0.4 is 10.6 Å². The third kappa shape index (κ3) is 7.25. The highest BCUT2D eigenvalue weighted by Crippen LogP contribution is 2.27. The topological polar surface area (TPSA) is 62.7 Å². The molecule has 0 radical (unpaired) electrons. The Morgan fingerprint density at radius 2 is 1.60 bits per heavy atom. The molecule has 180 valence electrons. The lowest BCUT2D eigenvalue weighted by atomic mass is 10.1. The number of rotatable bonds is 11. The van der Waals surface area contributed by atoms with Crippen molar-refractivity contribution in [3.63, 3.8) is 0 Å². The Bertz CT molecular complexity index is 1200. The van der Waals surface area contributed by atoms with Crippen molar-refractivity contribution >= 4 is 29.0 Å². The molecule has 0 saturated carbocycles. The summed E-state index contributed by atoms with van der Waals surface area (Å²) in [6.45, 7) is 3.42. The smallest absolute Gasteiger partial charge is 0.180 e. The number of unbranched alkanes of at least 4 members (excludes halogenated alkanes) is 1. The fourth-order valence-electron chi connectivity index (χ4n) is 3.87. The van der Waals surface area contributed by atoms with Crippen LogP contribution >= 0.6 is 23.2 Å². The Morgan fingerprint density at radius 1 is 0.857 bits per heavy atom. The highest BCUT2D eigenvalue weighted by molar-refractivity contribution is 6.33. The molecule has 0 amide bonds. The minimum atomic E-state index is 0.108. The maximum atomic E-state index is 6.56. The molecule has 0 unspecified atom stereocenters. The average molecular weight is 506 g/mol. The number of aromatic nitrogens is 3. The van der Waals surface area contributed by atoms with Gasteiger partial charge >= 0.3 is 0 Å². The lowest BCUT2D eigenvalue weighted by Gasteiger charge is -2.21. The zero-order valence-corrected chi connectivity index (χ0v) is 21.2. The molecule has 4 aromatic rings. The van der Waals surface area contributed by atoms with Gasteiger partial charge in [0, 0.05) is 18.8 Å². The van der Waals surface area contributed by atoms with Crippen LogP contribution in [-0.4, -0.2) is 28.0 Å². The first-order valence-corrected chi connectivity index (χ1v) is 12.6. The molecule has 2 heterocycles. The Hall–Kier alpha value is -2.99. The molecule has 0 spiro atoms. The van der Waals surface area contributed by atoms with Gasteiger partial charge in [0.15, 0.2) is 5.82 Å². The number of hydrogen-bond acceptors (Lipinski definition) is 5. The van der Waals surface area contributed by atoms with E-state index in [0.717, 1.165) is 25.8 Å². The number of nitrogens with zero attached hydrogens (tertiary/aromatic N) is 3. The molecule has 1 atom stereocenters. The van der Waals surface area contributed by atoms with E-state index in [-0.39, 0.29) is 6.04 Å². The first-order valence-electron chi connectivity index (χ1n) is 11.8. The average Bonchev–Trinajstić information content (AvgIpc) is 2.89. The summed E-state index contributed by atoms with van der Waals surface area (Å²) in [7, 11) is 0. The zero-order chi connectivity index (χ0) is 24.5. The van der Waals surface area contributed by atoms with Gasteiger partial charge in [0.25, 0.3) is 0 Å². The molecule has 0 fully saturated rings. The fraction of sp³-hybridized carbons (Fsp3) is 0.250. The number of anilines is 1. The minimum absolute atomic E-state index is 0.108. The summed E-state index contributed by atoms with van der Waals surface area (Å²) in [6.07, 6.45) is 4.91. The van der Waals surface area contributed by atoms with Gasteiger partial charge in [-0.2, -0.15) is 0 Å². The van der Waals surface area contributed by atoms with Crippen LogP contribution in [0.15, 0.2) is 79.0 Å². The van der Waals surface area contributed by atoms with E-state index in [1.54, 1.807) is 18.3 Å². The predicted molar refractivity (Wildman–Crippen MR) is 145 cm³/mol. The van der Waals surface area contributed by atoms with E-state index >= 15 is 0 Å². The summed E-state index contributed by atoms with van der Waals surface area (Å²) in [5, 5.41) is 8.22. The van der Waals surface area contributed by atoms with Crippen molar-refractivity contribution in [1.29, 1.82) is 0 Å². The van der Waals surface area contributed by atoms with Crippen molar-refractivity contribution in [2.24, 2.45) is 0 Å². The molecule has 35 heavy (non-hydrogen) atoms. The molecule has 2 aromatic carbocycles. The van der Waals surface area contributed by atoms with Crippen LogP contribution in [0.1, 0.15) is 35.7 Å². The number of aryl methyl sites for hydroxylation is 2. The molecule has 7 heteroatoms. The second kappa shape index (κ2) is 12.6. The van der Waals surface area contributed by atoms with Gasteiger partial charge in [0.1, 0.15) is 16.5 Å². The van der Waals surface area contributed by atoms with Crippen molar-refractivity contribution in [1.82, 2.24) is 20.3 Å². The summed E-state index contributed by atoms with van der Waals surface area (Å²) >= 11 is 12.5. The largest absolute Gasteiger partial charge is 0.367 e. The monoisotopic (exact) mass is 505 g/mol. The van der Waals surface area contributed by atoms with Gasteiger partial charge in [0.05, 0.1) is 10.7 Å². The Kier molecular flexibility index (Phi) is 9.07. The van der Waals surface area contributed by atoms with Crippen molar-refractivity contribution in [3.05, 3.63) is 106 Å². The Morgan fingerprint density at radius 3 is 2.31 bits per heavy atom. The van der Waals surface area contributed by atoms with E-state index in [4.69, 9.17) is 23.2 Å². The van der Waals surface area contributed by atoms with Crippen molar-refractivity contribution in [2.75, 3.05) is 18.4 Å². The molecule has 0 saturated heterocycles. The summed E-state index contributed by atoms with van der Waals surface area (Å²) in [4.78, 5) is 13.5. The van der Waals surface area contributed by atoms with E-state index in [1.807, 2.05) is 13.0 Å². The number of halogens is 2. The summed E-state index contributed by atoms with van der Waals surface area (Å²) in [5.41, 5.74) is 3.94. The molecule has 0 aliphatic rings. The molecule has 0 aliphatic carbocycles. The molecule has 5 nitrogen and oxygen atoms in total.